The highest BCUT2D eigenvalue weighted by Gasteiger charge is 2.03. The van der Waals surface area contributed by atoms with Crippen LogP contribution in [0.4, 0.5) is 0 Å². The van der Waals surface area contributed by atoms with Crippen molar-refractivity contribution >= 4 is 10.8 Å². The highest BCUT2D eigenvalue weighted by Crippen LogP contribution is 2.16. The summed E-state index contributed by atoms with van der Waals surface area (Å²) in [6.07, 6.45) is -0.521. The van der Waals surface area contributed by atoms with E-state index >= 15 is 0 Å². The minimum Gasteiger partial charge on any atom is -0.378 e. The molecule has 0 unspecified atom stereocenters. The molecule has 0 fully saturated rings. The Morgan fingerprint density at radius 2 is 1.87 bits per heavy atom. The third-order valence-electron chi connectivity index (χ3n) is 2.39. The van der Waals surface area contributed by atoms with Gasteiger partial charge >= 0.3 is 0 Å². The van der Waals surface area contributed by atoms with Gasteiger partial charge in [-0.15, -0.1) is 0 Å². The summed E-state index contributed by atoms with van der Waals surface area (Å²) in [5.41, 5.74) is 0.989. The molecule has 0 aliphatic carbocycles. The van der Waals surface area contributed by atoms with Crippen LogP contribution < -0.4 is 0 Å². The Kier molecular flexibility index (Phi) is 2.66. The van der Waals surface area contributed by atoms with E-state index in [1.165, 1.54) is 5.39 Å². The summed E-state index contributed by atoms with van der Waals surface area (Å²) in [5.74, 6) is 0. The van der Waals surface area contributed by atoms with E-state index in [0.29, 0.717) is 6.42 Å². The lowest BCUT2D eigenvalue weighted by atomic mass is 10.0. The van der Waals surface area contributed by atoms with E-state index in [4.69, 9.17) is 5.26 Å². The Morgan fingerprint density at radius 3 is 2.60 bits per heavy atom. The summed E-state index contributed by atoms with van der Waals surface area (Å²) in [7, 11) is 0. The van der Waals surface area contributed by atoms with Crippen molar-refractivity contribution in [2.45, 2.75) is 12.5 Å². The van der Waals surface area contributed by atoms with Crippen molar-refractivity contribution < 1.29 is 5.11 Å². The van der Waals surface area contributed by atoms with E-state index in [0.717, 1.165) is 10.9 Å². The molecule has 0 heterocycles. The summed E-state index contributed by atoms with van der Waals surface area (Å²) in [5, 5.41) is 20.0. The fourth-order valence-corrected chi connectivity index (χ4v) is 1.63. The summed E-state index contributed by atoms with van der Waals surface area (Å²) in [6.45, 7) is 0. The number of aliphatic hydroxyl groups is 1. The molecule has 0 saturated heterocycles. The number of hydrogen-bond donors (Lipinski definition) is 1. The van der Waals surface area contributed by atoms with Gasteiger partial charge in [0.25, 0.3) is 0 Å². The predicted molar refractivity (Wildman–Crippen MR) is 59.3 cm³/mol. The van der Waals surface area contributed by atoms with Gasteiger partial charge in [-0.2, -0.15) is 5.26 Å². The van der Waals surface area contributed by atoms with E-state index in [1.54, 1.807) is 0 Å². The van der Waals surface area contributed by atoms with Gasteiger partial charge < -0.3 is 5.11 Å². The Morgan fingerprint density at radius 1 is 1.13 bits per heavy atom. The third kappa shape index (κ3) is 2.15. The monoisotopic (exact) mass is 197 g/mol. The van der Waals surface area contributed by atoms with Crippen molar-refractivity contribution in [2.24, 2.45) is 0 Å². The molecule has 0 amide bonds. The molecule has 0 spiro atoms. The number of benzene rings is 2. The summed E-state index contributed by atoms with van der Waals surface area (Å²) in [4.78, 5) is 0. The lowest BCUT2D eigenvalue weighted by Crippen LogP contribution is -2.06. The van der Waals surface area contributed by atoms with Crippen LogP contribution in [0, 0.1) is 11.3 Å². The van der Waals surface area contributed by atoms with Gasteiger partial charge in [-0.25, -0.2) is 0 Å². The molecular formula is C13H11NO. The first-order chi connectivity index (χ1) is 7.29. The van der Waals surface area contributed by atoms with Crippen molar-refractivity contribution in [3.8, 4) is 6.07 Å². The third-order valence-corrected chi connectivity index (χ3v) is 2.39. The van der Waals surface area contributed by atoms with E-state index in [2.05, 4.69) is 0 Å². The van der Waals surface area contributed by atoms with Crippen LogP contribution in [0.3, 0.4) is 0 Å². The van der Waals surface area contributed by atoms with Gasteiger partial charge in [-0.3, -0.25) is 0 Å². The van der Waals surface area contributed by atoms with Crippen molar-refractivity contribution in [2.75, 3.05) is 0 Å². The van der Waals surface area contributed by atoms with Gasteiger partial charge in [0, 0.05) is 6.42 Å². The van der Waals surface area contributed by atoms with Gasteiger partial charge in [-0.1, -0.05) is 42.5 Å². The van der Waals surface area contributed by atoms with Crippen LogP contribution in [0.2, 0.25) is 0 Å². The van der Waals surface area contributed by atoms with E-state index in [9.17, 15) is 5.11 Å². The van der Waals surface area contributed by atoms with Crippen LogP contribution in [0.25, 0.3) is 10.8 Å². The van der Waals surface area contributed by atoms with Crippen LogP contribution in [0.5, 0.6) is 0 Å². The molecule has 0 saturated carbocycles. The maximum absolute atomic E-state index is 9.22. The van der Waals surface area contributed by atoms with Crippen LogP contribution in [0.15, 0.2) is 42.5 Å². The summed E-state index contributed by atoms with van der Waals surface area (Å²) in [6, 6.07) is 15.8. The smallest absolute Gasteiger partial charge is 0.144 e. The first-order valence-electron chi connectivity index (χ1n) is 4.85. The maximum Gasteiger partial charge on any atom is 0.144 e. The van der Waals surface area contributed by atoms with Crippen LogP contribution in [-0.2, 0) is 6.42 Å². The lowest BCUT2D eigenvalue weighted by Gasteiger charge is -2.04. The molecule has 2 heteroatoms. The molecule has 74 valence electrons. The zero-order valence-electron chi connectivity index (χ0n) is 8.22. The normalized spacial score (nSPS) is 12.3. The topological polar surface area (TPSA) is 44.0 Å². The van der Waals surface area contributed by atoms with Crippen molar-refractivity contribution in [3.05, 3.63) is 48.0 Å². The molecule has 0 aliphatic rings. The average molecular weight is 197 g/mol. The fourth-order valence-electron chi connectivity index (χ4n) is 1.63. The standard InChI is InChI=1S/C13H11NO/c14-9-13(15)8-10-5-6-11-3-1-2-4-12(11)7-10/h1-7,13,15H,8H2/t13-/m1/s1. The Hall–Kier alpha value is -1.85. The van der Waals surface area contributed by atoms with Crippen LogP contribution in [-0.4, -0.2) is 11.2 Å². The first-order valence-corrected chi connectivity index (χ1v) is 4.85. The minimum absolute atomic E-state index is 0.390. The highest BCUT2D eigenvalue weighted by molar-refractivity contribution is 5.82. The van der Waals surface area contributed by atoms with Gasteiger partial charge in [0.2, 0.25) is 0 Å². The van der Waals surface area contributed by atoms with E-state index < -0.39 is 6.10 Å². The van der Waals surface area contributed by atoms with E-state index in [-0.39, 0.29) is 0 Å². The molecule has 2 rings (SSSR count). The zero-order valence-corrected chi connectivity index (χ0v) is 8.22. The Balaban J connectivity index is 2.35. The molecule has 15 heavy (non-hydrogen) atoms. The molecule has 2 nitrogen and oxygen atoms in total. The number of nitrogens with zero attached hydrogens (tertiary/aromatic N) is 1. The zero-order chi connectivity index (χ0) is 10.7. The van der Waals surface area contributed by atoms with Gasteiger partial charge in [0.1, 0.15) is 6.10 Å². The van der Waals surface area contributed by atoms with E-state index in [1.807, 2.05) is 48.5 Å². The molecule has 2 aromatic carbocycles. The molecule has 0 aromatic heterocycles. The van der Waals surface area contributed by atoms with Gasteiger partial charge in [0.05, 0.1) is 6.07 Å². The average Bonchev–Trinajstić information content (AvgIpc) is 2.29. The maximum atomic E-state index is 9.22. The lowest BCUT2D eigenvalue weighted by molar-refractivity contribution is 0.231. The van der Waals surface area contributed by atoms with Crippen molar-refractivity contribution in [1.29, 1.82) is 5.26 Å². The van der Waals surface area contributed by atoms with Gasteiger partial charge in [0.15, 0.2) is 0 Å². The van der Waals surface area contributed by atoms with Crippen LogP contribution in [0.1, 0.15) is 5.56 Å². The predicted octanol–water partition coefficient (Wildman–Crippen LogP) is 2.27. The van der Waals surface area contributed by atoms with Crippen molar-refractivity contribution in [3.63, 3.8) is 0 Å². The molecule has 2 aromatic rings. The summed E-state index contributed by atoms with van der Waals surface area (Å²) >= 11 is 0. The Labute approximate surface area is 88.4 Å². The first kappa shape index (κ1) is 9.70. The molecule has 1 N–H and O–H groups in total. The molecule has 0 radical (unpaired) electrons. The quantitative estimate of drug-likeness (QED) is 0.750. The van der Waals surface area contributed by atoms with Gasteiger partial charge in [-0.05, 0) is 16.3 Å². The second-order valence-electron chi connectivity index (χ2n) is 3.53. The number of rotatable bonds is 2. The number of aliphatic hydroxyl groups excluding tert-OH is 1. The molecular weight excluding hydrogens is 186 g/mol. The fraction of sp³-hybridized carbons (Fsp3) is 0.154. The number of fused-ring (bicyclic) bond motifs is 1. The van der Waals surface area contributed by atoms with Crippen LogP contribution >= 0.6 is 0 Å². The SMILES string of the molecule is N#C[C@H](O)Cc1ccc2ccccc2c1. The number of nitriles is 1. The number of hydrogen-bond acceptors (Lipinski definition) is 2. The second kappa shape index (κ2) is 4.12. The molecule has 0 aliphatic heterocycles. The summed E-state index contributed by atoms with van der Waals surface area (Å²) < 4.78 is 0. The minimum atomic E-state index is -0.911. The Bertz CT molecular complexity index is 513. The van der Waals surface area contributed by atoms with Crippen molar-refractivity contribution in [1.82, 2.24) is 0 Å². The molecule has 1 atom stereocenters. The highest BCUT2D eigenvalue weighted by atomic mass is 16.3. The molecule has 0 bridgehead atoms. The largest absolute Gasteiger partial charge is 0.378 e. The second-order valence-corrected chi connectivity index (χ2v) is 3.53.